The van der Waals surface area contributed by atoms with Crippen LogP contribution < -0.4 is 10.1 Å². The summed E-state index contributed by atoms with van der Waals surface area (Å²) in [6.45, 7) is 3.42. The van der Waals surface area contributed by atoms with Crippen molar-refractivity contribution in [2.45, 2.75) is 12.5 Å². The molecule has 0 aromatic heterocycles. The number of carboxylic acid groups (broad SMARTS) is 1. The lowest BCUT2D eigenvalue weighted by atomic mass is 10.1. The molecule has 0 aliphatic carbocycles. The normalized spacial score (nSPS) is 11.4. The highest BCUT2D eigenvalue weighted by atomic mass is 16.5. The Morgan fingerprint density at radius 1 is 1.53 bits per heavy atom. The fourth-order valence-corrected chi connectivity index (χ4v) is 1.45. The van der Waals surface area contributed by atoms with Gasteiger partial charge in [0, 0.05) is 6.07 Å². The van der Waals surface area contributed by atoms with Crippen LogP contribution in [0, 0.1) is 0 Å². The van der Waals surface area contributed by atoms with E-state index in [1.54, 1.807) is 0 Å². The van der Waals surface area contributed by atoms with Gasteiger partial charge in [0.1, 0.15) is 17.5 Å². The molecule has 0 radical (unpaired) electrons. The van der Waals surface area contributed by atoms with Gasteiger partial charge in [-0.1, -0.05) is 6.08 Å². The van der Waals surface area contributed by atoms with E-state index in [0.29, 0.717) is 5.75 Å². The van der Waals surface area contributed by atoms with Gasteiger partial charge in [0.2, 0.25) is 0 Å². The van der Waals surface area contributed by atoms with Crippen LogP contribution in [0.3, 0.4) is 0 Å². The van der Waals surface area contributed by atoms with Gasteiger partial charge in [0.25, 0.3) is 5.91 Å². The van der Waals surface area contributed by atoms with E-state index in [0.717, 1.165) is 0 Å². The van der Waals surface area contributed by atoms with Crippen LogP contribution in [0.5, 0.6) is 11.5 Å². The predicted molar refractivity (Wildman–Crippen MR) is 68.4 cm³/mol. The number of carbonyl (C=O) groups excluding carboxylic acids is 1. The first-order valence-electron chi connectivity index (χ1n) is 5.51. The van der Waals surface area contributed by atoms with Gasteiger partial charge in [0.05, 0.1) is 12.7 Å². The summed E-state index contributed by atoms with van der Waals surface area (Å²) in [5.41, 5.74) is -0.0175. The first kappa shape index (κ1) is 14.6. The van der Waals surface area contributed by atoms with Gasteiger partial charge in [0.15, 0.2) is 0 Å². The van der Waals surface area contributed by atoms with Crippen LogP contribution in [-0.2, 0) is 4.79 Å². The smallest absolute Gasteiger partial charge is 0.326 e. The number of hydrogen-bond donors (Lipinski definition) is 3. The van der Waals surface area contributed by atoms with Crippen molar-refractivity contribution in [1.82, 2.24) is 5.32 Å². The molecule has 0 heterocycles. The first-order valence-corrected chi connectivity index (χ1v) is 5.51. The number of nitrogens with one attached hydrogen (secondary N) is 1. The number of phenolic OH excluding ortho intramolecular Hbond substituents is 1. The number of amides is 1. The second kappa shape index (κ2) is 6.44. The molecule has 0 aliphatic heterocycles. The Bertz CT molecular complexity index is 498. The van der Waals surface area contributed by atoms with Crippen molar-refractivity contribution in [2.75, 3.05) is 7.11 Å². The maximum Gasteiger partial charge on any atom is 0.326 e. The molecule has 0 saturated carbocycles. The number of aliphatic carboxylic acids is 1. The standard InChI is InChI=1S/C13H15NO5/c1-3-4-10(13(17)18)14-12(16)9-6-5-8(19-2)7-11(9)15/h3,5-7,10,15H,1,4H2,2H3,(H,14,16)(H,17,18). The minimum absolute atomic E-state index is 0.0175. The maximum atomic E-state index is 11.8. The fourth-order valence-electron chi connectivity index (χ4n) is 1.45. The van der Waals surface area contributed by atoms with E-state index in [4.69, 9.17) is 9.84 Å². The Kier molecular flexibility index (Phi) is 4.93. The van der Waals surface area contributed by atoms with Crippen LogP contribution in [0.4, 0.5) is 0 Å². The van der Waals surface area contributed by atoms with Gasteiger partial charge >= 0.3 is 5.97 Å². The van der Waals surface area contributed by atoms with Crippen molar-refractivity contribution in [3.05, 3.63) is 36.4 Å². The van der Waals surface area contributed by atoms with Crippen molar-refractivity contribution in [3.63, 3.8) is 0 Å². The molecule has 6 heteroatoms. The third-order valence-electron chi connectivity index (χ3n) is 2.46. The molecule has 1 unspecified atom stereocenters. The number of benzene rings is 1. The number of phenols is 1. The Labute approximate surface area is 110 Å². The Morgan fingerprint density at radius 2 is 2.21 bits per heavy atom. The van der Waals surface area contributed by atoms with E-state index in [1.165, 1.54) is 31.4 Å². The summed E-state index contributed by atoms with van der Waals surface area (Å²) in [6.07, 6.45) is 1.49. The van der Waals surface area contributed by atoms with Gasteiger partial charge in [-0.05, 0) is 18.6 Å². The van der Waals surface area contributed by atoms with Gasteiger partial charge in [-0.15, -0.1) is 6.58 Å². The van der Waals surface area contributed by atoms with Crippen LogP contribution >= 0.6 is 0 Å². The molecule has 0 spiro atoms. The summed E-state index contributed by atoms with van der Waals surface area (Å²) < 4.78 is 4.89. The lowest BCUT2D eigenvalue weighted by Crippen LogP contribution is -2.40. The summed E-state index contributed by atoms with van der Waals surface area (Å²) in [4.78, 5) is 22.7. The summed E-state index contributed by atoms with van der Waals surface area (Å²) in [5, 5.41) is 20.9. The highest BCUT2D eigenvalue weighted by Crippen LogP contribution is 2.23. The SMILES string of the molecule is C=CCC(NC(=O)c1ccc(OC)cc1O)C(=O)O. The molecule has 1 atom stereocenters. The molecule has 3 N–H and O–H groups in total. The number of aromatic hydroxyl groups is 1. The zero-order valence-electron chi connectivity index (χ0n) is 10.4. The number of hydrogen-bond acceptors (Lipinski definition) is 4. The number of carbonyl (C=O) groups is 2. The van der Waals surface area contributed by atoms with Crippen LogP contribution in [0.25, 0.3) is 0 Å². The first-order chi connectivity index (χ1) is 8.99. The van der Waals surface area contributed by atoms with Gasteiger partial charge in [-0.3, -0.25) is 4.79 Å². The number of carboxylic acids is 1. The van der Waals surface area contributed by atoms with Crippen LogP contribution in [-0.4, -0.2) is 35.2 Å². The van der Waals surface area contributed by atoms with E-state index in [1.807, 2.05) is 0 Å². The molecule has 102 valence electrons. The third-order valence-corrected chi connectivity index (χ3v) is 2.46. The van der Waals surface area contributed by atoms with E-state index in [2.05, 4.69) is 11.9 Å². The van der Waals surface area contributed by atoms with Gasteiger partial charge in [-0.25, -0.2) is 4.79 Å². The number of ether oxygens (including phenoxy) is 1. The lowest BCUT2D eigenvalue weighted by molar-refractivity contribution is -0.139. The van der Waals surface area contributed by atoms with Gasteiger partial charge in [-0.2, -0.15) is 0 Å². The van der Waals surface area contributed by atoms with Crippen molar-refractivity contribution in [2.24, 2.45) is 0 Å². The highest BCUT2D eigenvalue weighted by molar-refractivity contribution is 5.99. The number of rotatable bonds is 6. The summed E-state index contributed by atoms with van der Waals surface area (Å²) >= 11 is 0. The minimum Gasteiger partial charge on any atom is -0.507 e. The second-order valence-corrected chi connectivity index (χ2v) is 3.77. The Hall–Kier alpha value is -2.50. The fraction of sp³-hybridized carbons (Fsp3) is 0.231. The summed E-state index contributed by atoms with van der Waals surface area (Å²) in [5.74, 6) is -1.72. The molecule has 1 aromatic rings. The Morgan fingerprint density at radius 3 is 2.68 bits per heavy atom. The zero-order chi connectivity index (χ0) is 14.4. The molecule has 1 aromatic carbocycles. The molecule has 0 fully saturated rings. The molecule has 1 amide bonds. The lowest BCUT2D eigenvalue weighted by Gasteiger charge is -2.13. The van der Waals surface area contributed by atoms with Crippen molar-refractivity contribution in [1.29, 1.82) is 0 Å². The molecule has 19 heavy (non-hydrogen) atoms. The topological polar surface area (TPSA) is 95.9 Å². The second-order valence-electron chi connectivity index (χ2n) is 3.77. The van der Waals surface area contributed by atoms with Crippen LogP contribution in [0.1, 0.15) is 16.8 Å². The van der Waals surface area contributed by atoms with E-state index in [-0.39, 0.29) is 17.7 Å². The number of methoxy groups -OCH3 is 1. The molecule has 0 aliphatic rings. The quantitative estimate of drug-likeness (QED) is 0.671. The molecule has 6 nitrogen and oxygen atoms in total. The van der Waals surface area contributed by atoms with E-state index < -0.39 is 17.9 Å². The summed E-state index contributed by atoms with van der Waals surface area (Å²) in [6, 6.07) is 3.05. The average molecular weight is 265 g/mol. The molecule has 0 saturated heterocycles. The van der Waals surface area contributed by atoms with E-state index >= 15 is 0 Å². The molecular formula is C13H15NO5. The van der Waals surface area contributed by atoms with Gasteiger partial charge < -0.3 is 20.3 Å². The Balaban J connectivity index is 2.88. The maximum absolute atomic E-state index is 11.8. The largest absolute Gasteiger partial charge is 0.507 e. The van der Waals surface area contributed by atoms with Crippen LogP contribution in [0.15, 0.2) is 30.9 Å². The summed E-state index contributed by atoms with van der Waals surface area (Å²) in [7, 11) is 1.43. The third kappa shape index (κ3) is 3.74. The zero-order valence-corrected chi connectivity index (χ0v) is 10.4. The van der Waals surface area contributed by atoms with Crippen molar-refractivity contribution >= 4 is 11.9 Å². The molecular weight excluding hydrogens is 250 g/mol. The predicted octanol–water partition coefficient (Wildman–Crippen LogP) is 1.16. The monoisotopic (exact) mass is 265 g/mol. The average Bonchev–Trinajstić information content (AvgIpc) is 2.37. The van der Waals surface area contributed by atoms with Crippen molar-refractivity contribution < 1.29 is 24.5 Å². The highest BCUT2D eigenvalue weighted by Gasteiger charge is 2.20. The minimum atomic E-state index is -1.17. The van der Waals surface area contributed by atoms with Crippen LogP contribution in [0.2, 0.25) is 0 Å². The molecule has 0 bridgehead atoms. The molecule has 1 rings (SSSR count). The van der Waals surface area contributed by atoms with Crippen molar-refractivity contribution in [3.8, 4) is 11.5 Å². The van der Waals surface area contributed by atoms with E-state index in [9.17, 15) is 14.7 Å².